The molecular weight excluding hydrogens is 336 g/mol. The summed E-state index contributed by atoms with van der Waals surface area (Å²) < 4.78 is 25.1. The fourth-order valence-electron chi connectivity index (χ4n) is 4.15. The SMILES string of the molecule is C[Si@H]1CCS(=O)(=O)C(c2ccc3c(c2)-c2ccccc2[Si@H]3C)C1. The molecule has 0 N–H and O–H groups in total. The van der Waals surface area contributed by atoms with Crippen molar-refractivity contribution in [3.8, 4) is 11.1 Å². The second-order valence-electron chi connectivity index (χ2n) is 7.14. The monoisotopic (exact) mass is 358 g/mol. The molecule has 2 aliphatic heterocycles. The van der Waals surface area contributed by atoms with E-state index < -0.39 is 27.4 Å². The van der Waals surface area contributed by atoms with Gasteiger partial charge in [0.1, 0.15) is 8.80 Å². The van der Waals surface area contributed by atoms with Crippen LogP contribution in [0.15, 0.2) is 42.5 Å². The molecular formula is C18H22O2SSi2. The Labute approximate surface area is 141 Å². The van der Waals surface area contributed by atoms with Gasteiger partial charge in [-0.05, 0) is 34.8 Å². The summed E-state index contributed by atoms with van der Waals surface area (Å²) in [6.45, 7) is 4.68. The van der Waals surface area contributed by atoms with Crippen LogP contribution in [0.2, 0.25) is 25.2 Å². The van der Waals surface area contributed by atoms with Gasteiger partial charge in [0.25, 0.3) is 0 Å². The van der Waals surface area contributed by atoms with E-state index in [1.807, 2.05) is 0 Å². The molecule has 120 valence electrons. The van der Waals surface area contributed by atoms with E-state index in [9.17, 15) is 8.42 Å². The summed E-state index contributed by atoms with van der Waals surface area (Å²) >= 11 is 0. The molecule has 0 aliphatic carbocycles. The predicted molar refractivity (Wildman–Crippen MR) is 103 cm³/mol. The van der Waals surface area contributed by atoms with Gasteiger partial charge < -0.3 is 0 Å². The van der Waals surface area contributed by atoms with E-state index in [2.05, 4.69) is 55.6 Å². The molecule has 2 aromatic carbocycles. The quantitative estimate of drug-likeness (QED) is 0.731. The second-order valence-corrected chi connectivity index (χ2v) is 15.4. The third kappa shape index (κ3) is 2.45. The van der Waals surface area contributed by atoms with Crippen molar-refractivity contribution in [2.45, 2.75) is 30.4 Å². The van der Waals surface area contributed by atoms with Crippen molar-refractivity contribution in [2.24, 2.45) is 0 Å². The summed E-state index contributed by atoms with van der Waals surface area (Å²) in [5.74, 6) is 0.393. The second kappa shape index (κ2) is 5.43. The van der Waals surface area contributed by atoms with E-state index in [4.69, 9.17) is 0 Å². The lowest BCUT2D eigenvalue weighted by Crippen LogP contribution is -2.34. The molecule has 23 heavy (non-hydrogen) atoms. The first-order valence-corrected chi connectivity index (χ1v) is 15.2. The smallest absolute Gasteiger partial charge is 0.156 e. The predicted octanol–water partition coefficient (Wildman–Crippen LogP) is 1.96. The number of rotatable bonds is 1. The van der Waals surface area contributed by atoms with Crippen LogP contribution in [0.3, 0.4) is 0 Å². The zero-order valence-electron chi connectivity index (χ0n) is 13.6. The number of sulfone groups is 1. The zero-order chi connectivity index (χ0) is 16.2. The highest BCUT2D eigenvalue weighted by atomic mass is 32.2. The highest BCUT2D eigenvalue weighted by molar-refractivity contribution is 7.92. The molecule has 0 radical (unpaired) electrons. The maximum Gasteiger partial charge on any atom is 0.156 e. The maximum absolute atomic E-state index is 12.6. The van der Waals surface area contributed by atoms with Crippen molar-refractivity contribution < 1.29 is 8.42 Å². The summed E-state index contributed by atoms with van der Waals surface area (Å²) in [6.07, 6.45) is 0. The van der Waals surface area contributed by atoms with Crippen LogP contribution in [0.5, 0.6) is 0 Å². The Hall–Kier alpha value is -1.18. The molecule has 0 bridgehead atoms. The number of hydrogen-bond donors (Lipinski definition) is 0. The Kier molecular flexibility index (Phi) is 3.63. The van der Waals surface area contributed by atoms with Crippen molar-refractivity contribution in [3.63, 3.8) is 0 Å². The van der Waals surface area contributed by atoms with Crippen molar-refractivity contribution in [2.75, 3.05) is 5.75 Å². The average molecular weight is 359 g/mol. The van der Waals surface area contributed by atoms with Crippen molar-refractivity contribution in [1.82, 2.24) is 0 Å². The van der Waals surface area contributed by atoms with Gasteiger partial charge >= 0.3 is 0 Å². The van der Waals surface area contributed by atoms with Crippen molar-refractivity contribution in [3.05, 3.63) is 48.0 Å². The van der Waals surface area contributed by atoms with Gasteiger partial charge in [-0.2, -0.15) is 0 Å². The van der Waals surface area contributed by atoms with Gasteiger partial charge in [-0.25, -0.2) is 8.42 Å². The van der Waals surface area contributed by atoms with Crippen molar-refractivity contribution in [1.29, 1.82) is 0 Å². The Morgan fingerprint density at radius 2 is 1.74 bits per heavy atom. The minimum atomic E-state index is -2.97. The summed E-state index contributed by atoms with van der Waals surface area (Å²) in [5.41, 5.74) is 3.66. The molecule has 0 saturated carbocycles. The van der Waals surface area contributed by atoms with Crippen molar-refractivity contribution >= 4 is 37.8 Å². The molecule has 0 spiro atoms. The van der Waals surface area contributed by atoms with Crippen LogP contribution in [0.25, 0.3) is 11.1 Å². The van der Waals surface area contributed by atoms with Crippen LogP contribution in [-0.4, -0.2) is 31.8 Å². The fraction of sp³-hybridized carbons (Fsp3) is 0.333. The van der Waals surface area contributed by atoms with Gasteiger partial charge in [0.05, 0.1) is 5.25 Å². The molecule has 2 aliphatic rings. The van der Waals surface area contributed by atoms with E-state index in [1.165, 1.54) is 21.5 Å². The minimum absolute atomic E-state index is 0.257. The third-order valence-corrected chi connectivity index (χ3v) is 13.9. The number of fused-ring (bicyclic) bond motifs is 3. The van der Waals surface area contributed by atoms with Crippen LogP contribution >= 0.6 is 0 Å². The molecule has 5 heteroatoms. The van der Waals surface area contributed by atoms with E-state index in [1.54, 1.807) is 0 Å². The molecule has 0 amide bonds. The van der Waals surface area contributed by atoms with Gasteiger partial charge in [0, 0.05) is 14.5 Å². The molecule has 2 nitrogen and oxygen atoms in total. The number of benzene rings is 2. The standard InChI is InChI=1S/C18H22O2SSi2/c1-22-10-9-21(19,20)16(12-22)13-7-8-18-15(11-13)14-5-3-4-6-17(14)23(18)2/h3-8,11,16,22-23H,9-10,12H2,1-2H3/t16?,22-,23+/m0/s1. The lowest BCUT2D eigenvalue weighted by atomic mass is 10.0. The highest BCUT2D eigenvalue weighted by Gasteiger charge is 2.35. The van der Waals surface area contributed by atoms with Gasteiger partial charge in [0.2, 0.25) is 0 Å². The summed E-state index contributed by atoms with van der Waals surface area (Å²) in [6, 6.07) is 17.0. The van der Waals surface area contributed by atoms with Gasteiger partial charge in [-0.3, -0.25) is 0 Å². The van der Waals surface area contributed by atoms with Gasteiger partial charge in [-0.1, -0.05) is 59.9 Å². The van der Waals surface area contributed by atoms with E-state index in [-0.39, 0.29) is 5.25 Å². The average Bonchev–Trinajstić information content (AvgIpc) is 2.83. The first kappa shape index (κ1) is 15.4. The van der Waals surface area contributed by atoms with Crippen LogP contribution in [0.4, 0.5) is 0 Å². The Morgan fingerprint density at radius 3 is 2.57 bits per heavy atom. The zero-order valence-corrected chi connectivity index (χ0v) is 16.7. The van der Waals surface area contributed by atoms with Crippen LogP contribution in [0, 0.1) is 0 Å². The Morgan fingerprint density at radius 1 is 1.00 bits per heavy atom. The molecule has 4 rings (SSSR count). The Balaban J connectivity index is 1.83. The largest absolute Gasteiger partial charge is 0.228 e. The molecule has 1 unspecified atom stereocenters. The topological polar surface area (TPSA) is 34.1 Å². The fourth-order valence-corrected chi connectivity index (χ4v) is 13.9. The summed E-state index contributed by atoms with van der Waals surface area (Å²) in [4.78, 5) is 0. The molecule has 1 saturated heterocycles. The molecule has 0 aromatic heterocycles. The number of hydrogen-bond acceptors (Lipinski definition) is 2. The first-order valence-electron chi connectivity index (χ1n) is 8.42. The highest BCUT2D eigenvalue weighted by Crippen LogP contribution is 2.36. The van der Waals surface area contributed by atoms with E-state index >= 15 is 0 Å². The van der Waals surface area contributed by atoms with Crippen LogP contribution in [0.1, 0.15) is 10.8 Å². The van der Waals surface area contributed by atoms with Crippen LogP contribution < -0.4 is 10.4 Å². The van der Waals surface area contributed by atoms with Gasteiger partial charge in [0.15, 0.2) is 9.84 Å². The van der Waals surface area contributed by atoms with Crippen LogP contribution in [-0.2, 0) is 9.84 Å². The van der Waals surface area contributed by atoms with Gasteiger partial charge in [-0.15, -0.1) is 0 Å². The summed E-state index contributed by atoms with van der Waals surface area (Å²) in [7, 11) is -4.94. The maximum atomic E-state index is 12.6. The summed E-state index contributed by atoms with van der Waals surface area (Å²) in [5, 5.41) is 2.70. The van der Waals surface area contributed by atoms with E-state index in [0.717, 1.165) is 17.7 Å². The lowest BCUT2D eigenvalue weighted by Gasteiger charge is -2.27. The third-order valence-electron chi connectivity index (χ3n) is 5.58. The minimum Gasteiger partial charge on any atom is -0.228 e. The molecule has 2 heterocycles. The lowest BCUT2D eigenvalue weighted by molar-refractivity contribution is 0.584. The Bertz CT molecular complexity index is 876. The molecule has 1 fully saturated rings. The normalized spacial score (nSPS) is 28.2. The first-order chi connectivity index (χ1) is 11.0. The molecule has 3 atom stereocenters. The molecule has 2 aromatic rings. The van der Waals surface area contributed by atoms with E-state index in [0.29, 0.717) is 5.75 Å².